The molecule has 4 aromatic rings. The zero-order chi connectivity index (χ0) is 25.1. The van der Waals surface area contributed by atoms with Gasteiger partial charge in [-0.3, -0.25) is 15.0 Å². The Bertz CT molecular complexity index is 1480. The molecule has 0 aliphatic carbocycles. The summed E-state index contributed by atoms with van der Waals surface area (Å²) < 4.78 is 13.0. The van der Waals surface area contributed by atoms with Gasteiger partial charge in [0, 0.05) is 0 Å². The minimum Gasteiger partial charge on any atom is -0.490 e. The lowest BCUT2D eigenvalue weighted by atomic mass is 10.1. The van der Waals surface area contributed by atoms with Gasteiger partial charge in [0.05, 0.1) is 15.9 Å². The SMILES string of the molecule is CCOc1cc(/C=C2/C(=O)NN(c3ccccc3)C2=O)cc(I)c1OCc1cccc2ccccc12. The number of halogens is 1. The van der Waals surface area contributed by atoms with E-state index in [0.29, 0.717) is 36.0 Å². The van der Waals surface area contributed by atoms with Crippen molar-refractivity contribution in [3.8, 4) is 11.5 Å². The maximum absolute atomic E-state index is 13.0. The van der Waals surface area contributed by atoms with Crippen LogP contribution in [-0.4, -0.2) is 18.4 Å². The van der Waals surface area contributed by atoms with Gasteiger partial charge in [0.15, 0.2) is 11.5 Å². The molecule has 0 spiro atoms. The molecule has 4 aromatic carbocycles. The summed E-state index contributed by atoms with van der Waals surface area (Å²) in [4.78, 5) is 25.6. The molecule has 36 heavy (non-hydrogen) atoms. The first-order valence-corrected chi connectivity index (χ1v) is 12.6. The third kappa shape index (κ3) is 4.79. The van der Waals surface area contributed by atoms with Crippen LogP contribution in [-0.2, 0) is 16.2 Å². The molecule has 0 saturated carbocycles. The van der Waals surface area contributed by atoms with Gasteiger partial charge in [-0.05, 0) is 81.8 Å². The average molecular weight is 590 g/mol. The van der Waals surface area contributed by atoms with Crippen LogP contribution in [0, 0.1) is 3.57 Å². The first-order chi connectivity index (χ1) is 17.5. The summed E-state index contributed by atoms with van der Waals surface area (Å²) in [5.41, 5.74) is 5.03. The maximum Gasteiger partial charge on any atom is 0.282 e. The number of ether oxygens (including phenoxy) is 2. The summed E-state index contributed by atoms with van der Waals surface area (Å²) in [6, 6.07) is 27.0. The van der Waals surface area contributed by atoms with Gasteiger partial charge in [-0.25, -0.2) is 5.01 Å². The van der Waals surface area contributed by atoms with E-state index in [1.165, 1.54) is 5.01 Å². The largest absolute Gasteiger partial charge is 0.490 e. The topological polar surface area (TPSA) is 67.9 Å². The fraction of sp³-hybridized carbons (Fsp3) is 0.103. The second kappa shape index (κ2) is 10.4. The van der Waals surface area contributed by atoms with Crippen molar-refractivity contribution in [3.05, 3.63) is 105 Å². The molecule has 180 valence electrons. The van der Waals surface area contributed by atoms with Crippen LogP contribution < -0.4 is 19.9 Å². The first kappa shape index (κ1) is 23.9. The maximum atomic E-state index is 13.0. The Morgan fingerprint density at radius 2 is 1.67 bits per heavy atom. The summed E-state index contributed by atoms with van der Waals surface area (Å²) >= 11 is 2.19. The third-order valence-corrected chi connectivity index (χ3v) is 6.60. The van der Waals surface area contributed by atoms with E-state index in [1.54, 1.807) is 24.3 Å². The van der Waals surface area contributed by atoms with Crippen molar-refractivity contribution in [1.82, 2.24) is 5.43 Å². The number of hydrogen-bond acceptors (Lipinski definition) is 4. The molecule has 1 fully saturated rings. The molecule has 2 amide bonds. The van der Waals surface area contributed by atoms with Crippen molar-refractivity contribution < 1.29 is 19.1 Å². The van der Waals surface area contributed by atoms with Gasteiger partial charge in [-0.1, -0.05) is 60.7 Å². The number of carbonyl (C=O) groups is 2. The highest BCUT2D eigenvalue weighted by Crippen LogP contribution is 2.36. The van der Waals surface area contributed by atoms with Crippen molar-refractivity contribution in [3.63, 3.8) is 0 Å². The fourth-order valence-electron chi connectivity index (χ4n) is 4.13. The molecule has 0 atom stereocenters. The highest BCUT2D eigenvalue weighted by Gasteiger charge is 2.34. The third-order valence-electron chi connectivity index (χ3n) is 5.80. The molecule has 1 heterocycles. The zero-order valence-electron chi connectivity index (χ0n) is 19.5. The van der Waals surface area contributed by atoms with E-state index in [1.807, 2.05) is 49.4 Å². The van der Waals surface area contributed by atoms with Crippen molar-refractivity contribution >= 4 is 56.9 Å². The quantitative estimate of drug-likeness (QED) is 0.166. The molecule has 6 nitrogen and oxygen atoms in total. The molecule has 0 unspecified atom stereocenters. The molecule has 1 aliphatic heterocycles. The molecule has 1 aliphatic rings. The number of para-hydroxylation sites is 1. The highest BCUT2D eigenvalue weighted by atomic mass is 127. The Morgan fingerprint density at radius 1 is 0.917 bits per heavy atom. The lowest BCUT2D eigenvalue weighted by Crippen LogP contribution is -2.35. The van der Waals surface area contributed by atoms with E-state index >= 15 is 0 Å². The standard InChI is InChI=1S/C29H23IN2O4/c1-2-35-26-17-19(15-24-28(33)31-32(29(24)34)22-12-4-3-5-13-22)16-25(30)27(26)36-18-21-11-8-10-20-9-6-7-14-23(20)21/h3-17H,2,18H2,1H3,(H,31,33)/b24-15-. The van der Waals surface area contributed by atoms with E-state index in [2.05, 4.69) is 52.3 Å². The van der Waals surface area contributed by atoms with Crippen LogP contribution in [0.2, 0.25) is 0 Å². The number of amides is 2. The second-order valence-corrected chi connectivity index (χ2v) is 9.33. The predicted molar refractivity (Wildman–Crippen MR) is 149 cm³/mol. The van der Waals surface area contributed by atoms with Gasteiger partial charge in [-0.2, -0.15) is 0 Å². The Balaban J connectivity index is 1.43. The lowest BCUT2D eigenvalue weighted by Gasteiger charge is -2.16. The number of carbonyl (C=O) groups excluding carboxylic acids is 2. The van der Waals surface area contributed by atoms with Crippen LogP contribution in [0.25, 0.3) is 16.8 Å². The van der Waals surface area contributed by atoms with Crippen LogP contribution >= 0.6 is 22.6 Å². The van der Waals surface area contributed by atoms with Crippen molar-refractivity contribution in [2.24, 2.45) is 0 Å². The summed E-state index contributed by atoms with van der Waals surface area (Å²) in [5.74, 6) is 0.325. The van der Waals surface area contributed by atoms with E-state index in [9.17, 15) is 9.59 Å². The van der Waals surface area contributed by atoms with Crippen LogP contribution in [0.4, 0.5) is 5.69 Å². The first-order valence-electron chi connectivity index (χ1n) is 11.5. The van der Waals surface area contributed by atoms with Crippen LogP contribution in [0.5, 0.6) is 11.5 Å². The molecule has 1 saturated heterocycles. The highest BCUT2D eigenvalue weighted by molar-refractivity contribution is 14.1. The minimum absolute atomic E-state index is 0.0570. The second-order valence-electron chi connectivity index (χ2n) is 8.16. The van der Waals surface area contributed by atoms with E-state index in [4.69, 9.17) is 9.47 Å². The van der Waals surface area contributed by atoms with Crippen molar-refractivity contribution in [2.75, 3.05) is 11.6 Å². The molecular formula is C29H23IN2O4. The number of anilines is 1. The molecule has 0 radical (unpaired) electrons. The fourth-order valence-corrected chi connectivity index (χ4v) is 4.91. The van der Waals surface area contributed by atoms with Gasteiger partial charge < -0.3 is 9.47 Å². The van der Waals surface area contributed by atoms with Gasteiger partial charge in [0.1, 0.15) is 12.2 Å². The number of hydrazine groups is 1. The van der Waals surface area contributed by atoms with Crippen molar-refractivity contribution in [2.45, 2.75) is 13.5 Å². The number of nitrogens with one attached hydrogen (secondary N) is 1. The monoisotopic (exact) mass is 590 g/mol. The van der Waals surface area contributed by atoms with E-state index < -0.39 is 11.8 Å². The van der Waals surface area contributed by atoms with Crippen LogP contribution in [0.1, 0.15) is 18.1 Å². The molecule has 7 heteroatoms. The number of benzene rings is 4. The lowest BCUT2D eigenvalue weighted by molar-refractivity contribution is -0.117. The molecule has 5 rings (SSSR count). The van der Waals surface area contributed by atoms with Gasteiger partial charge >= 0.3 is 0 Å². The Labute approximate surface area is 222 Å². The Hall–Kier alpha value is -3.85. The summed E-state index contributed by atoms with van der Waals surface area (Å²) in [6.45, 7) is 2.73. The number of fused-ring (bicyclic) bond motifs is 1. The molecule has 0 aromatic heterocycles. The molecule has 0 bridgehead atoms. The van der Waals surface area contributed by atoms with Gasteiger partial charge in [-0.15, -0.1) is 0 Å². The van der Waals surface area contributed by atoms with Gasteiger partial charge in [0.2, 0.25) is 0 Å². The Kier molecular flexibility index (Phi) is 6.90. The molecular weight excluding hydrogens is 567 g/mol. The van der Waals surface area contributed by atoms with Crippen molar-refractivity contribution in [1.29, 1.82) is 0 Å². The minimum atomic E-state index is -0.451. The van der Waals surface area contributed by atoms with E-state index in [-0.39, 0.29) is 5.57 Å². The van der Waals surface area contributed by atoms with Crippen LogP contribution in [0.15, 0.2) is 90.5 Å². The number of hydrogen-bond donors (Lipinski definition) is 1. The van der Waals surface area contributed by atoms with Crippen LogP contribution in [0.3, 0.4) is 0 Å². The normalized spacial score (nSPS) is 14.4. The number of nitrogens with zero attached hydrogens (tertiary/aromatic N) is 1. The zero-order valence-corrected chi connectivity index (χ0v) is 21.7. The van der Waals surface area contributed by atoms with E-state index in [0.717, 1.165) is 19.9 Å². The smallest absolute Gasteiger partial charge is 0.282 e. The molecule has 1 N–H and O–H groups in total. The number of rotatable bonds is 7. The Morgan fingerprint density at radius 3 is 2.47 bits per heavy atom. The summed E-state index contributed by atoms with van der Waals surface area (Å²) in [5, 5.41) is 3.55. The average Bonchev–Trinajstić information content (AvgIpc) is 3.17. The predicted octanol–water partition coefficient (Wildman–Crippen LogP) is 5.88. The summed E-state index contributed by atoms with van der Waals surface area (Å²) in [7, 11) is 0. The van der Waals surface area contributed by atoms with Gasteiger partial charge in [0.25, 0.3) is 11.8 Å². The summed E-state index contributed by atoms with van der Waals surface area (Å²) in [6.07, 6.45) is 1.58.